The van der Waals surface area contributed by atoms with Crippen molar-refractivity contribution in [2.24, 2.45) is 7.05 Å². The number of aromatic nitrogens is 4. The molecule has 9 heteroatoms. The van der Waals surface area contributed by atoms with E-state index in [1.807, 2.05) is 6.20 Å². The molecule has 1 amide bonds. The molecule has 0 atom stereocenters. The molecule has 0 spiro atoms. The second-order valence-corrected chi connectivity index (χ2v) is 7.76. The van der Waals surface area contributed by atoms with Crippen molar-refractivity contribution in [1.29, 1.82) is 0 Å². The highest BCUT2D eigenvalue weighted by Crippen LogP contribution is 2.24. The summed E-state index contributed by atoms with van der Waals surface area (Å²) < 4.78 is 20.2. The summed E-state index contributed by atoms with van der Waals surface area (Å²) in [5, 5.41) is 4.45. The highest BCUT2D eigenvalue weighted by molar-refractivity contribution is 5.93. The summed E-state index contributed by atoms with van der Waals surface area (Å²) in [5.74, 6) is 0.289. The molecule has 160 valence electrons. The van der Waals surface area contributed by atoms with Gasteiger partial charge in [0, 0.05) is 38.4 Å². The van der Waals surface area contributed by atoms with Crippen LogP contribution in [0.1, 0.15) is 21.7 Å². The number of anilines is 1. The third kappa shape index (κ3) is 3.88. The van der Waals surface area contributed by atoms with Crippen LogP contribution in [0.3, 0.4) is 0 Å². The van der Waals surface area contributed by atoms with Crippen LogP contribution in [-0.2, 0) is 24.8 Å². The van der Waals surface area contributed by atoms with Gasteiger partial charge in [0.15, 0.2) is 0 Å². The van der Waals surface area contributed by atoms with Crippen molar-refractivity contribution < 1.29 is 13.9 Å². The number of morpholine rings is 1. The summed E-state index contributed by atoms with van der Waals surface area (Å²) in [4.78, 5) is 26.4. The van der Waals surface area contributed by atoms with E-state index in [9.17, 15) is 9.18 Å². The quantitative estimate of drug-likeness (QED) is 0.643. The lowest BCUT2D eigenvalue weighted by molar-refractivity contribution is 0.0720. The van der Waals surface area contributed by atoms with E-state index in [1.165, 1.54) is 12.1 Å². The van der Waals surface area contributed by atoms with Gasteiger partial charge in [0.1, 0.15) is 11.5 Å². The van der Waals surface area contributed by atoms with Crippen LogP contribution in [0.5, 0.6) is 0 Å². The van der Waals surface area contributed by atoms with Crippen LogP contribution >= 0.6 is 0 Å². The first-order chi connectivity index (χ1) is 15.1. The number of rotatable bonds is 3. The molecule has 2 aromatic heterocycles. The summed E-state index contributed by atoms with van der Waals surface area (Å²) in [6, 6.07) is 7.85. The van der Waals surface area contributed by atoms with Gasteiger partial charge in [-0.3, -0.25) is 9.48 Å². The van der Waals surface area contributed by atoms with Gasteiger partial charge in [-0.15, -0.1) is 0 Å². The van der Waals surface area contributed by atoms with Crippen LogP contribution in [0.4, 0.5) is 10.3 Å². The third-order valence-electron chi connectivity index (χ3n) is 5.75. The molecule has 0 radical (unpaired) electrons. The Morgan fingerprint density at radius 1 is 1.13 bits per heavy atom. The molecule has 0 saturated carbocycles. The first kappa shape index (κ1) is 19.6. The van der Waals surface area contributed by atoms with Gasteiger partial charge in [-0.1, -0.05) is 0 Å². The summed E-state index contributed by atoms with van der Waals surface area (Å²) in [5.41, 5.74) is 3.86. The highest BCUT2D eigenvalue weighted by Gasteiger charge is 2.27. The van der Waals surface area contributed by atoms with Gasteiger partial charge in [-0.25, -0.2) is 14.4 Å². The molecule has 8 nitrogen and oxygen atoms in total. The summed E-state index contributed by atoms with van der Waals surface area (Å²) >= 11 is 0. The minimum Gasteiger partial charge on any atom is -0.378 e. The Kier molecular flexibility index (Phi) is 5.11. The first-order valence-corrected chi connectivity index (χ1v) is 10.4. The van der Waals surface area contributed by atoms with Crippen LogP contribution in [-0.4, -0.2) is 63.4 Å². The molecule has 1 saturated heterocycles. The second kappa shape index (κ2) is 8.07. The Morgan fingerprint density at radius 3 is 2.68 bits per heavy atom. The fourth-order valence-electron chi connectivity index (χ4n) is 3.97. The number of ether oxygens (including phenoxy) is 1. The number of amides is 1. The largest absolute Gasteiger partial charge is 0.378 e. The molecule has 1 fully saturated rings. The summed E-state index contributed by atoms with van der Waals surface area (Å²) in [6.45, 7) is 3.91. The van der Waals surface area contributed by atoms with Crippen molar-refractivity contribution in [3.05, 3.63) is 59.3 Å². The average molecular weight is 422 g/mol. The van der Waals surface area contributed by atoms with Crippen LogP contribution in [0.2, 0.25) is 0 Å². The molecule has 0 unspecified atom stereocenters. The van der Waals surface area contributed by atoms with Gasteiger partial charge in [0.05, 0.1) is 31.1 Å². The molecule has 31 heavy (non-hydrogen) atoms. The summed E-state index contributed by atoms with van der Waals surface area (Å²) in [6.07, 6.45) is 2.60. The zero-order chi connectivity index (χ0) is 21.4. The number of carbonyl (C=O) groups excluding carboxylic acids is 1. The number of nitrogens with zero attached hydrogens (tertiary/aromatic N) is 6. The Bertz CT molecular complexity index is 1110. The van der Waals surface area contributed by atoms with Crippen LogP contribution in [0.25, 0.3) is 11.3 Å². The lowest BCUT2D eigenvalue weighted by Crippen LogP contribution is -2.39. The zero-order valence-electron chi connectivity index (χ0n) is 17.3. The molecular weight excluding hydrogens is 399 g/mol. The maximum absolute atomic E-state index is 13.3. The Balaban J connectivity index is 1.36. The van der Waals surface area contributed by atoms with Gasteiger partial charge < -0.3 is 14.5 Å². The smallest absolute Gasteiger partial charge is 0.272 e. The van der Waals surface area contributed by atoms with Crippen molar-refractivity contribution in [3.8, 4) is 11.3 Å². The second-order valence-electron chi connectivity index (χ2n) is 7.76. The van der Waals surface area contributed by atoms with Crippen molar-refractivity contribution in [3.63, 3.8) is 0 Å². The first-order valence-electron chi connectivity index (χ1n) is 10.4. The van der Waals surface area contributed by atoms with E-state index in [4.69, 9.17) is 9.72 Å². The molecule has 4 heterocycles. The zero-order valence-corrected chi connectivity index (χ0v) is 17.3. The summed E-state index contributed by atoms with van der Waals surface area (Å²) in [7, 11) is 1.75. The van der Waals surface area contributed by atoms with Crippen molar-refractivity contribution in [1.82, 2.24) is 24.6 Å². The molecule has 5 rings (SSSR count). The maximum atomic E-state index is 13.3. The highest BCUT2D eigenvalue weighted by atomic mass is 19.1. The van der Waals surface area contributed by atoms with Crippen molar-refractivity contribution in [2.75, 3.05) is 37.7 Å². The maximum Gasteiger partial charge on any atom is 0.272 e. The molecule has 0 bridgehead atoms. The molecule has 0 N–H and O–H groups in total. The van der Waals surface area contributed by atoms with E-state index in [0.717, 1.165) is 29.9 Å². The van der Waals surface area contributed by atoms with E-state index in [0.29, 0.717) is 50.1 Å². The van der Waals surface area contributed by atoms with Gasteiger partial charge in [0.25, 0.3) is 5.91 Å². The number of halogens is 1. The van der Waals surface area contributed by atoms with Gasteiger partial charge in [-0.2, -0.15) is 5.10 Å². The lowest BCUT2D eigenvalue weighted by atomic mass is 10.1. The lowest BCUT2D eigenvalue weighted by Gasteiger charge is -2.30. The monoisotopic (exact) mass is 422 g/mol. The Morgan fingerprint density at radius 2 is 1.90 bits per heavy atom. The van der Waals surface area contributed by atoms with Crippen LogP contribution < -0.4 is 4.90 Å². The van der Waals surface area contributed by atoms with E-state index in [-0.39, 0.29) is 11.7 Å². The predicted molar refractivity (Wildman–Crippen MR) is 112 cm³/mol. The number of benzene rings is 1. The van der Waals surface area contributed by atoms with E-state index >= 15 is 0 Å². The predicted octanol–water partition coefficient (Wildman–Crippen LogP) is 2.05. The van der Waals surface area contributed by atoms with Crippen LogP contribution in [0, 0.1) is 5.82 Å². The standard InChI is InChI=1S/C22H23FN6O2/c1-27-20(12-18(26-27)15-2-4-17(23)5-3-15)21(30)29-7-6-16-13-24-22(25-19(16)14-29)28-8-10-31-11-9-28/h2-5,12-13H,6-11,14H2,1H3. The van der Waals surface area contributed by atoms with Crippen molar-refractivity contribution in [2.45, 2.75) is 13.0 Å². The minimum absolute atomic E-state index is 0.0967. The van der Waals surface area contributed by atoms with Gasteiger partial charge >= 0.3 is 0 Å². The van der Waals surface area contributed by atoms with E-state index < -0.39 is 0 Å². The Labute approximate surface area is 179 Å². The molecule has 2 aliphatic rings. The normalized spacial score (nSPS) is 16.3. The molecule has 0 aliphatic carbocycles. The van der Waals surface area contributed by atoms with Crippen LogP contribution in [0.15, 0.2) is 36.5 Å². The fourth-order valence-corrected chi connectivity index (χ4v) is 3.97. The van der Waals surface area contributed by atoms with E-state index in [2.05, 4.69) is 15.0 Å². The number of aryl methyl sites for hydroxylation is 1. The third-order valence-corrected chi connectivity index (χ3v) is 5.75. The average Bonchev–Trinajstić information content (AvgIpc) is 3.20. The Hall–Kier alpha value is -3.33. The number of hydrogen-bond donors (Lipinski definition) is 0. The van der Waals surface area contributed by atoms with E-state index in [1.54, 1.807) is 34.8 Å². The fraction of sp³-hybridized carbons (Fsp3) is 0.364. The number of carbonyl (C=O) groups is 1. The molecule has 3 aromatic rings. The minimum atomic E-state index is -0.304. The number of fused-ring (bicyclic) bond motifs is 1. The van der Waals surface area contributed by atoms with Crippen molar-refractivity contribution >= 4 is 11.9 Å². The molecule has 1 aromatic carbocycles. The van der Waals surface area contributed by atoms with Gasteiger partial charge in [0.2, 0.25) is 5.95 Å². The SMILES string of the molecule is Cn1nc(-c2ccc(F)cc2)cc1C(=O)N1CCc2cnc(N3CCOCC3)nc2C1. The number of hydrogen-bond acceptors (Lipinski definition) is 6. The topological polar surface area (TPSA) is 76.4 Å². The molecular formula is C22H23FN6O2. The molecule has 2 aliphatic heterocycles. The van der Waals surface area contributed by atoms with Gasteiger partial charge in [-0.05, 0) is 42.3 Å².